The summed E-state index contributed by atoms with van der Waals surface area (Å²) < 4.78 is 0. The number of amides is 1. The molecule has 0 radical (unpaired) electrons. The number of nitrogens with one attached hydrogen (secondary N) is 2. The molecule has 5 nitrogen and oxygen atoms in total. The Bertz CT molecular complexity index is 784. The number of benzene rings is 1. The highest BCUT2D eigenvalue weighted by atomic mass is 16.1. The maximum absolute atomic E-state index is 12.1. The van der Waals surface area contributed by atoms with E-state index in [2.05, 4.69) is 20.6 Å². The predicted molar refractivity (Wildman–Crippen MR) is 83.5 cm³/mol. The van der Waals surface area contributed by atoms with E-state index in [1.165, 1.54) is 0 Å². The second-order valence-electron chi connectivity index (χ2n) is 4.55. The van der Waals surface area contributed by atoms with E-state index >= 15 is 0 Å². The van der Waals surface area contributed by atoms with Crippen LogP contribution in [0.5, 0.6) is 0 Å². The van der Waals surface area contributed by atoms with E-state index < -0.39 is 0 Å². The number of carbonyl (C=O) groups excluding carboxylic acids is 1. The molecular formula is C16H14N4O. The molecule has 2 aromatic heterocycles. The van der Waals surface area contributed by atoms with Gasteiger partial charge in [0.25, 0.3) is 5.91 Å². The lowest BCUT2D eigenvalue weighted by atomic mass is 10.2. The number of hydrogen-bond acceptors (Lipinski definition) is 4. The zero-order chi connectivity index (χ0) is 14.7. The zero-order valence-corrected chi connectivity index (χ0v) is 11.5. The van der Waals surface area contributed by atoms with Crippen molar-refractivity contribution in [2.45, 2.75) is 0 Å². The molecule has 0 saturated heterocycles. The minimum absolute atomic E-state index is 0.255. The Morgan fingerprint density at radius 1 is 1.00 bits per heavy atom. The van der Waals surface area contributed by atoms with E-state index in [1.54, 1.807) is 31.6 Å². The van der Waals surface area contributed by atoms with Crippen molar-refractivity contribution in [2.24, 2.45) is 0 Å². The summed E-state index contributed by atoms with van der Waals surface area (Å²) in [6.45, 7) is 0. The highest BCUT2D eigenvalue weighted by Crippen LogP contribution is 2.16. The third kappa shape index (κ3) is 2.81. The van der Waals surface area contributed by atoms with Crippen molar-refractivity contribution in [1.82, 2.24) is 9.97 Å². The predicted octanol–water partition coefficient (Wildman–Crippen LogP) is 2.92. The number of nitrogens with zero attached hydrogens (tertiary/aromatic N) is 2. The summed E-state index contributed by atoms with van der Waals surface area (Å²) in [5.74, 6) is -0.255. The van der Waals surface area contributed by atoms with Crippen LogP contribution in [0.2, 0.25) is 0 Å². The van der Waals surface area contributed by atoms with Gasteiger partial charge >= 0.3 is 0 Å². The fourth-order valence-electron chi connectivity index (χ4n) is 2.01. The summed E-state index contributed by atoms with van der Waals surface area (Å²) in [4.78, 5) is 20.6. The van der Waals surface area contributed by atoms with Crippen LogP contribution >= 0.6 is 0 Å². The number of carbonyl (C=O) groups is 1. The van der Waals surface area contributed by atoms with Crippen LogP contribution in [0.1, 0.15) is 10.5 Å². The van der Waals surface area contributed by atoms with Gasteiger partial charge in [0.05, 0.1) is 29.3 Å². The zero-order valence-electron chi connectivity index (χ0n) is 11.5. The van der Waals surface area contributed by atoms with Crippen LogP contribution < -0.4 is 10.6 Å². The normalized spacial score (nSPS) is 10.3. The van der Waals surface area contributed by atoms with Crippen LogP contribution in [0.25, 0.3) is 10.9 Å². The summed E-state index contributed by atoms with van der Waals surface area (Å²) in [5.41, 5.74) is 2.77. The summed E-state index contributed by atoms with van der Waals surface area (Å²) >= 11 is 0. The molecule has 0 aliphatic heterocycles. The number of aromatic nitrogens is 2. The summed E-state index contributed by atoms with van der Waals surface area (Å²) in [5, 5.41) is 6.74. The first-order valence-electron chi connectivity index (χ1n) is 6.56. The number of hydrogen-bond donors (Lipinski definition) is 2. The fourth-order valence-corrected chi connectivity index (χ4v) is 2.01. The van der Waals surface area contributed by atoms with E-state index in [9.17, 15) is 4.79 Å². The molecule has 0 saturated carbocycles. The Labute approximate surface area is 122 Å². The summed E-state index contributed by atoms with van der Waals surface area (Å²) in [7, 11) is 1.80. The molecule has 5 heteroatoms. The molecule has 0 bridgehead atoms. The van der Waals surface area contributed by atoms with E-state index in [-0.39, 0.29) is 5.91 Å². The minimum atomic E-state index is -0.255. The van der Waals surface area contributed by atoms with Crippen molar-refractivity contribution in [1.29, 1.82) is 0 Å². The maximum atomic E-state index is 12.1. The number of pyridine rings is 2. The van der Waals surface area contributed by atoms with Gasteiger partial charge in [0.1, 0.15) is 5.69 Å². The summed E-state index contributed by atoms with van der Waals surface area (Å²) in [6, 6.07) is 13.1. The highest BCUT2D eigenvalue weighted by molar-refractivity contribution is 6.03. The molecule has 0 aliphatic carbocycles. The van der Waals surface area contributed by atoms with Gasteiger partial charge in [-0.2, -0.15) is 0 Å². The quantitative estimate of drug-likeness (QED) is 0.773. The third-order valence-electron chi connectivity index (χ3n) is 3.13. The molecule has 104 valence electrons. The maximum Gasteiger partial charge on any atom is 0.274 e. The molecule has 3 rings (SSSR count). The minimum Gasteiger partial charge on any atom is -0.387 e. The van der Waals surface area contributed by atoms with Crippen molar-refractivity contribution < 1.29 is 4.79 Å². The summed E-state index contributed by atoms with van der Waals surface area (Å²) in [6.07, 6.45) is 3.26. The van der Waals surface area contributed by atoms with Crippen LogP contribution in [0.3, 0.4) is 0 Å². The van der Waals surface area contributed by atoms with Gasteiger partial charge in [-0.15, -0.1) is 0 Å². The third-order valence-corrected chi connectivity index (χ3v) is 3.13. The van der Waals surface area contributed by atoms with Gasteiger partial charge in [0.2, 0.25) is 0 Å². The Kier molecular flexibility index (Phi) is 3.47. The average Bonchev–Trinajstić information content (AvgIpc) is 2.55. The van der Waals surface area contributed by atoms with Crippen molar-refractivity contribution >= 4 is 28.2 Å². The molecule has 2 N–H and O–H groups in total. The molecule has 3 aromatic rings. The number of para-hydroxylation sites is 1. The monoisotopic (exact) mass is 278 g/mol. The standard InChI is InChI=1S/C16H14N4O/c1-17-12-6-7-15(19-9-12)16(21)20-13-8-11-4-2-3-5-14(11)18-10-13/h2-10,17H,1H3,(H,20,21). The van der Waals surface area contributed by atoms with Crippen molar-refractivity contribution in [2.75, 3.05) is 17.7 Å². The van der Waals surface area contributed by atoms with Gasteiger partial charge in [-0.1, -0.05) is 18.2 Å². The lowest BCUT2D eigenvalue weighted by Gasteiger charge is -2.06. The smallest absolute Gasteiger partial charge is 0.274 e. The first-order chi connectivity index (χ1) is 10.3. The molecule has 1 amide bonds. The molecule has 2 heterocycles. The Morgan fingerprint density at radius 2 is 1.81 bits per heavy atom. The van der Waals surface area contributed by atoms with Crippen LogP contribution in [0.15, 0.2) is 54.9 Å². The fraction of sp³-hybridized carbons (Fsp3) is 0.0625. The van der Waals surface area contributed by atoms with E-state index in [0.717, 1.165) is 16.6 Å². The first kappa shape index (κ1) is 13.1. The Hall–Kier alpha value is -2.95. The molecule has 0 spiro atoms. The Balaban J connectivity index is 1.81. The van der Waals surface area contributed by atoms with Crippen LogP contribution in [0, 0.1) is 0 Å². The molecule has 0 fully saturated rings. The van der Waals surface area contributed by atoms with Crippen LogP contribution in [-0.4, -0.2) is 22.9 Å². The number of anilines is 2. The second-order valence-corrected chi connectivity index (χ2v) is 4.55. The molecule has 1 aromatic carbocycles. The van der Waals surface area contributed by atoms with Crippen LogP contribution in [0.4, 0.5) is 11.4 Å². The van der Waals surface area contributed by atoms with Crippen molar-refractivity contribution in [3.05, 3.63) is 60.6 Å². The highest BCUT2D eigenvalue weighted by Gasteiger charge is 2.08. The SMILES string of the molecule is CNc1ccc(C(=O)Nc2cnc3ccccc3c2)nc1. The van der Waals surface area contributed by atoms with Gasteiger partial charge in [-0.05, 0) is 24.3 Å². The Morgan fingerprint density at radius 3 is 2.57 bits per heavy atom. The van der Waals surface area contributed by atoms with E-state index in [4.69, 9.17) is 0 Å². The molecule has 0 unspecified atom stereocenters. The van der Waals surface area contributed by atoms with Crippen molar-refractivity contribution in [3.63, 3.8) is 0 Å². The largest absolute Gasteiger partial charge is 0.387 e. The number of rotatable bonds is 3. The average molecular weight is 278 g/mol. The second kappa shape index (κ2) is 5.58. The van der Waals surface area contributed by atoms with Gasteiger partial charge in [-0.3, -0.25) is 9.78 Å². The number of fused-ring (bicyclic) bond motifs is 1. The molecule has 21 heavy (non-hydrogen) atoms. The lowest BCUT2D eigenvalue weighted by Crippen LogP contribution is -2.13. The van der Waals surface area contributed by atoms with Crippen LogP contribution in [-0.2, 0) is 0 Å². The first-order valence-corrected chi connectivity index (χ1v) is 6.56. The van der Waals surface area contributed by atoms with Crippen molar-refractivity contribution in [3.8, 4) is 0 Å². The lowest BCUT2D eigenvalue weighted by molar-refractivity contribution is 0.102. The molecule has 0 aliphatic rings. The van der Waals surface area contributed by atoms with E-state index in [1.807, 2.05) is 30.3 Å². The van der Waals surface area contributed by atoms with Gasteiger partial charge < -0.3 is 10.6 Å². The van der Waals surface area contributed by atoms with Gasteiger partial charge in [-0.25, -0.2) is 4.98 Å². The molecular weight excluding hydrogens is 264 g/mol. The van der Waals surface area contributed by atoms with Gasteiger partial charge in [0.15, 0.2) is 0 Å². The van der Waals surface area contributed by atoms with E-state index in [0.29, 0.717) is 11.4 Å². The molecule has 0 atom stereocenters. The van der Waals surface area contributed by atoms with Gasteiger partial charge in [0, 0.05) is 12.4 Å². The topological polar surface area (TPSA) is 66.9 Å².